The molecule has 0 bridgehead atoms. The van der Waals surface area contributed by atoms with Gasteiger partial charge in [0.1, 0.15) is 0 Å². The third-order valence-electron chi connectivity index (χ3n) is 8.65. The fourth-order valence-electron chi connectivity index (χ4n) is 7.06. The van der Waals surface area contributed by atoms with Crippen molar-refractivity contribution < 1.29 is 14.4 Å². The molecule has 2 aliphatic heterocycles. The van der Waals surface area contributed by atoms with Crippen molar-refractivity contribution in [1.82, 2.24) is 4.90 Å². The molecule has 4 atom stereocenters. The molecule has 43 heavy (non-hydrogen) atoms. The molecule has 3 amide bonds. The molecule has 4 unspecified atom stereocenters. The smallest absolute Gasteiger partial charge is 0.323 e. The highest BCUT2D eigenvalue weighted by Crippen LogP contribution is 2.60. The van der Waals surface area contributed by atoms with Crippen LogP contribution in [0.5, 0.6) is 0 Å². The van der Waals surface area contributed by atoms with Crippen LogP contribution in [0.25, 0.3) is 0 Å². The second-order valence-electron chi connectivity index (χ2n) is 11.9. The normalized spacial score (nSPS) is 22.5. The average Bonchev–Trinajstić information content (AvgIpc) is 3.44. The van der Waals surface area contributed by atoms with Crippen molar-refractivity contribution in [2.75, 3.05) is 10.6 Å². The maximum Gasteiger partial charge on any atom is 0.323 e. The van der Waals surface area contributed by atoms with Gasteiger partial charge in [0.25, 0.3) is 5.91 Å². The topological polar surface area (TPSA) is 78.5 Å². The first-order chi connectivity index (χ1) is 20.7. The molecule has 7 heteroatoms. The number of fused-ring (bicyclic) bond motifs is 2. The standard InChI is InChI=1S/C36H34BrN3O3/c1-22(2)19-30-31(24-12-6-4-7-13-24)32(33(41)25-14-8-5-9-15-25)36(28-21-26(37)17-18-29(28)39-34(36)42)40(30)35(43)38-27-16-10-11-23(3)20-27/h4-18,20-22,30-32H,19H2,1-3H3,(H,38,43)(H,39,42). The van der Waals surface area contributed by atoms with Gasteiger partial charge in [-0.3, -0.25) is 9.59 Å². The van der Waals surface area contributed by atoms with Gasteiger partial charge in [-0.15, -0.1) is 0 Å². The number of rotatable bonds is 6. The quantitative estimate of drug-likeness (QED) is 0.210. The highest BCUT2D eigenvalue weighted by Gasteiger charge is 2.70. The summed E-state index contributed by atoms with van der Waals surface area (Å²) in [7, 11) is 0. The molecule has 0 saturated carbocycles. The second kappa shape index (κ2) is 11.5. The van der Waals surface area contributed by atoms with Crippen LogP contribution in [0.2, 0.25) is 0 Å². The first-order valence-corrected chi connectivity index (χ1v) is 15.4. The number of urea groups is 1. The number of benzene rings is 4. The monoisotopic (exact) mass is 635 g/mol. The van der Waals surface area contributed by atoms with E-state index in [4.69, 9.17) is 0 Å². The predicted octanol–water partition coefficient (Wildman–Crippen LogP) is 8.15. The Hall–Kier alpha value is -4.23. The van der Waals surface area contributed by atoms with E-state index in [-0.39, 0.29) is 17.6 Å². The summed E-state index contributed by atoms with van der Waals surface area (Å²) in [5, 5.41) is 6.16. The first-order valence-electron chi connectivity index (χ1n) is 14.6. The van der Waals surface area contributed by atoms with E-state index in [0.717, 1.165) is 15.6 Å². The molecule has 2 N–H and O–H groups in total. The molecule has 0 aromatic heterocycles. The number of hydrogen-bond donors (Lipinski definition) is 2. The third-order valence-corrected chi connectivity index (χ3v) is 9.14. The molecule has 1 spiro atoms. The Morgan fingerprint density at radius 3 is 2.30 bits per heavy atom. The lowest BCUT2D eigenvalue weighted by Gasteiger charge is -2.39. The van der Waals surface area contributed by atoms with Crippen LogP contribution in [0.3, 0.4) is 0 Å². The van der Waals surface area contributed by atoms with Gasteiger partial charge in [0.05, 0.1) is 5.92 Å². The highest BCUT2D eigenvalue weighted by atomic mass is 79.9. The third kappa shape index (κ3) is 4.95. The van der Waals surface area contributed by atoms with E-state index >= 15 is 0 Å². The molecule has 2 aliphatic rings. The minimum atomic E-state index is -1.60. The Bertz CT molecular complexity index is 1690. The van der Waals surface area contributed by atoms with Gasteiger partial charge in [0, 0.05) is 38.9 Å². The minimum absolute atomic E-state index is 0.169. The zero-order valence-electron chi connectivity index (χ0n) is 24.4. The summed E-state index contributed by atoms with van der Waals surface area (Å²) in [6.45, 7) is 6.18. The molecule has 0 radical (unpaired) electrons. The van der Waals surface area contributed by atoms with E-state index in [1.807, 2.05) is 97.9 Å². The molecule has 1 saturated heterocycles. The Balaban J connectivity index is 1.66. The maximum atomic E-state index is 14.9. The van der Waals surface area contributed by atoms with E-state index in [2.05, 4.69) is 40.4 Å². The van der Waals surface area contributed by atoms with Gasteiger partial charge in [-0.05, 0) is 60.7 Å². The molecular weight excluding hydrogens is 602 g/mol. The number of carbonyl (C=O) groups excluding carboxylic acids is 3. The van der Waals surface area contributed by atoms with Crippen LogP contribution < -0.4 is 10.6 Å². The van der Waals surface area contributed by atoms with Gasteiger partial charge in [0.2, 0.25) is 0 Å². The number of nitrogens with zero attached hydrogens (tertiary/aromatic N) is 1. The highest BCUT2D eigenvalue weighted by molar-refractivity contribution is 9.10. The van der Waals surface area contributed by atoms with Gasteiger partial charge < -0.3 is 15.5 Å². The molecule has 6 nitrogen and oxygen atoms in total. The molecule has 6 rings (SSSR count). The molecule has 4 aromatic rings. The first kappa shape index (κ1) is 28.9. The Morgan fingerprint density at radius 1 is 0.930 bits per heavy atom. The summed E-state index contributed by atoms with van der Waals surface area (Å²) >= 11 is 3.61. The minimum Gasteiger partial charge on any atom is -0.323 e. The summed E-state index contributed by atoms with van der Waals surface area (Å²) in [6, 6.07) is 31.3. The van der Waals surface area contributed by atoms with Gasteiger partial charge >= 0.3 is 6.03 Å². The molecule has 2 heterocycles. The number of nitrogens with one attached hydrogen (secondary N) is 2. The van der Waals surface area contributed by atoms with Gasteiger partial charge in [-0.2, -0.15) is 0 Å². The van der Waals surface area contributed by atoms with Crippen molar-refractivity contribution in [3.8, 4) is 0 Å². The second-order valence-corrected chi connectivity index (χ2v) is 12.8. The van der Waals surface area contributed by atoms with E-state index in [1.54, 1.807) is 17.0 Å². The molecule has 0 aliphatic carbocycles. The average molecular weight is 637 g/mol. The van der Waals surface area contributed by atoms with Gasteiger partial charge in [-0.25, -0.2) is 4.79 Å². The van der Waals surface area contributed by atoms with E-state index in [0.29, 0.717) is 28.9 Å². The van der Waals surface area contributed by atoms with Crippen LogP contribution in [0.15, 0.2) is 108 Å². The summed E-state index contributed by atoms with van der Waals surface area (Å²) in [5.74, 6) is -1.70. The van der Waals surface area contributed by atoms with E-state index < -0.39 is 29.4 Å². The van der Waals surface area contributed by atoms with Crippen molar-refractivity contribution in [3.63, 3.8) is 0 Å². The molecule has 218 valence electrons. The number of carbonyl (C=O) groups is 3. The zero-order chi connectivity index (χ0) is 30.3. The van der Waals surface area contributed by atoms with Crippen LogP contribution in [-0.4, -0.2) is 28.7 Å². The van der Waals surface area contributed by atoms with Crippen LogP contribution in [-0.2, 0) is 10.3 Å². The van der Waals surface area contributed by atoms with Gasteiger partial charge in [-0.1, -0.05) is 103 Å². The number of Topliss-reactive ketones (excluding diaryl/α,β-unsaturated/α-hetero) is 1. The number of halogens is 1. The Kier molecular flexibility index (Phi) is 7.69. The van der Waals surface area contributed by atoms with Crippen molar-refractivity contribution in [2.24, 2.45) is 11.8 Å². The fraction of sp³-hybridized carbons (Fsp3) is 0.250. The van der Waals surface area contributed by atoms with Crippen LogP contribution in [0.4, 0.5) is 16.2 Å². The van der Waals surface area contributed by atoms with Crippen molar-refractivity contribution in [3.05, 3.63) is 130 Å². The summed E-state index contributed by atoms with van der Waals surface area (Å²) < 4.78 is 0.760. The summed E-state index contributed by atoms with van der Waals surface area (Å²) in [4.78, 5) is 45.9. The summed E-state index contributed by atoms with van der Waals surface area (Å²) in [6.07, 6.45) is 0.595. The van der Waals surface area contributed by atoms with Crippen molar-refractivity contribution in [2.45, 2.75) is 44.7 Å². The lowest BCUT2D eigenvalue weighted by atomic mass is 9.69. The zero-order valence-corrected chi connectivity index (χ0v) is 26.0. The van der Waals surface area contributed by atoms with Crippen molar-refractivity contribution >= 4 is 45.0 Å². The van der Waals surface area contributed by atoms with E-state index in [1.165, 1.54) is 0 Å². The van der Waals surface area contributed by atoms with Crippen LogP contribution in [0, 0.1) is 18.8 Å². The maximum absolute atomic E-state index is 14.9. The number of ketones is 1. The predicted molar refractivity (Wildman–Crippen MR) is 173 cm³/mol. The van der Waals surface area contributed by atoms with E-state index in [9.17, 15) is 14.4 Å². The number of likely N-dealkylation sites (tertiary alicyclic amines) is 1. The number of amides is 3. The molecule has 1 fully saturated rings. The lowest BCUT2D eigenvalue weighted by Crippen LogP contribution is -2.57. The molecule has 4 aromatic carbocycles. The summed E-state index contributed by atoms with van der Waals surface area (Å²) in [5.41, 5.74) is 2.68. The van der Waals surface area contributed by atoms with Crippen molar-refractivity contribution in [1.29, 1.82) is 0 Å². The largest absolute Gasteiger partial charge is 0.323 e. The molecular formula is C36H34BrN3O3. The number of anilines is 2. The Morgan fingerprint density at radius 2 is 1.63 bits per heavy atom. The number of aryl methyl sites for hydroxylation is 1. The van der Waals surface area contributed by atoms with Crippen LogP contribution >= 0.6 is 15.9 Å². The fourth-order valence-corrected chi connectivity index (χ4v) is 7.42. The lowest BCUT2D eigenvalue weighted by molar-refractivity contribution is -0.126. The van der Waals surface area contributed by atoms with Crippen LogP contribution in [0.1, 0.15) is 53.2 Å². The Labute approximate surface area is 260 Å². The number of hydrogen-bond acceptors (Lipinski definition) is 3. The SMILES string of the molecule is Cc1cccc(NC(=O)N2C(CC(C)C)C(c3ccccc3)C(C(=O)c3ccccc3)C23C(=O)Nc2ccc(Br)cc23)c1. The van der Waals surface area contributed by atoms with Gasteiger partial charge in [0.15, 0.2) is 11.3 Å².